The van der Waals surface area contributed by atoms with Crippen LogP contribution in [0.4, 0.5) is 13.3 Å². The maximum atomic E-state index is 11.6. The van der Waals surface area contributed by atoms with E-state index in [9.17, 15) is 28.0 Å². The van der Waals surface area contributed by atoms with Crippen LogP contribution in [0.2, 0.25) is 0 Å². The molecule has 174 valence electrons. The third-order valence-corrected chi connectivity index (χ3v) is 6.73. The van der Waals surface area contributed by atoms with Gasteiger partial charge in [0.15, 0.2) is 14.7 Å². The summed E-state index contributed by atoms with van der Waals surface area (Å²) in [5.74, 6) is -10.7. The van der Waals surface area contributed by atoms with Crippen molar-refractivity contribution in [1.82, 2.24) is 0 Å². The summed E-state index contributed by atoms with van der Waals surface area (Å²) in [4.78, 5) is 24.9. The normalized spacial score (nSPS) is 11.4. The van der Waals surface area contributed by atoms with Gasteiger partial charge in [0.05, 0.1) is 10.9 Å². The first kappa shape index (κ1) is 26.0. The van der Waals surface area contributed by atoms with E-state index in [0.29, 0.717) is 0 Å². The number of hydrogen-bond acceptors (Lipinski definition) is 4. The summed E-state index contributed by atoms with van der Waals surface area (Å²) in [7, 11) is -0.0497. The zero-order valence-electron chi connectivity index (χ0n) is 18.3. The van der Waals surface area contributed by atoms with Gasteiger partial charge in [-0.05, 0) is 47.4 Å². The molecule has 0 saturated carbocycles. The highest BCUT2D eigenvalue weighted by atomic mass is 32.2. The van der Waals surface area contributed by atoms with Crippen molar-refractivity contribution in [3.8, 4) is 0 Å². The van der Waals surface area contributed by atoms with Gasteiger partial charge in [0.1, 0.15) is 5.97 Å². The molecule has 0 aliphatic heterocycles. The van der Waals surface area contributed by atoms with Gasteiger partial charge in [0.2, 0.25) is 0 Å². The molecular weight excluding hydrogens is 453 g/mol. The Morgan fingerprint density at radius 3 is 1.45 bits per heavy atom. The fraction of sp³-hybridized carbons (Fsp3) is 0.200. The van der Waals surface area contributed by atoms with E-state index in [2.05, 4.69) is 106 Å². The van der Waals surface area contributed by atoms with Crippen LogP contribution in [-0.2, 0) is 30.8 Å². The third-order valence-electron chi connectivity index (χ3n) is 4.50. The van der Waals surface area contributed by atoms with Crippen LogP contribution in [-0.4, -0.2) is 17.9 Å². The zero-order valence-corrected chi connectivity index (χ0v) is 19.1. The number of alkyl halides is 2. The summed E-state index contributed by atoms with van der Waals surface area (Å²) < 4.78 is 33.7. The van der Waals surface area contributed by atoms with Crippen molar-refractivity contribution in [2.45, 2.75) is 46.8 Å². The molecular formula is C25H23F3O4S. The number of benzene rings is 3. The van der Waals surface area contributed by atoms with Crippen molar-refractivity contribution >= 4 is 22.8 Å². The Kier molecular flexibility index (Phi) is 8.70. The summed E-state index contributed by atoms with van der Waals surface area (Å²) in [6.07, 6.45) is 0. The minimum Gasteiger partial charge on any atom is -0.543 e. The van der Waals surface area contributed by atoms with E-state index < -0.39 is 17.9 Å². The first-order valence-corrected chi connectivity index (χ1v) is 11.1. The first-order chi connectivity index (χ1) is 15.5. The van der Waals surface area contributed by atoms with Crippen molar-refractivity contribution < 1.29 is 32.9 Å². The van der Waals surface area contributed by atoms with Gasteiger partial charge in [-0.2, -0.15) is 8.78 Å². The third kappa shape index (κ3) is 6.86. The summed E-state index contributed by atoms with van der Waals surface area (Å²) >= 11 is 0. The maximum absolute atomic E-state index is 11.6. The molecule has 8 heteroatoms. The van der Waals surface area contributed by atoms with Gasteiger partial charge < -0.3 is 9.90 Å². The lowest BCUT2D eigenvalue weighted by atomic mass is 9.87. The maximum Gasteiger partial charge on any atom is 0.423 e. The standard InChI is InChI=1S/C22H23S.C3HF3O4/c1-22(2,3)18-14-16-21(17-15-18)23(19-10-6-4-7-11-19)20-12-8-5-9-13-20;4-3(5,1(7)8)2(9)10-6/h4-17H,1-3H3;(H,7,8)/q+1;/p-1. The van der Waals surface area contributed by atoms with Crippen LogP contribution < -0.4 is 5.11 Å². The van der Waals surface area contributed by atoms with Crippen LogP contribution in [0.3, 0.4) is 0 Å². The Bertz CT molecular complexity index is 1010. The molecule has 4 nitrogen and oxygen atoms in total. The predicted octanol–water partition coefficient (Wildman–Crippen LogP) is 4.88. The van der Waals surface area contributed by atoms with E-state index in [-0.39, 0.29) is 16.3 Å². The van der Waals surface area contributed by atoms with E-state index in [1.54, 1.807) is 0 Å². The number of halogens is 3. The van der Waals surface area contributed by atoms with Gasteiger partial charge in [-0.1, -0.05) is 69.3 Å². The van der Waals surface area contributed by atoms with Crippen LogP contribution in [0, 0.1) is 0 Å². The average Bonchev–Trinajstić information content (AvgIpc) is 2.80. The van der Waals surface area contributed by atoms with Crippen molar-refractivity contribution in [1.29, 1.82) is 0 Å². The van der Waals surface area contributed by atoms with Gasteiger partial charge in [-0.25, -0.2) is 9.74 Å². The highest BCUT2D eigenvalue weighted by Gasteiger charge is 2.43. The van der Waals surface area contributed by atoms with Gasteiger partial charge in [0, 0.05) is 4.53 Å². The second-order valence-corrected chi connectivity index (χ2v) is 9.96. The molecule has 0 radical (unpaired) electrons. The lowest BCUT2D eigenvalue weighted by Crippen LogP contribution is -2.47. The van der Waals surface area contributed by atoms with Crippen LogP contribution in [0.1, 0.15) is 26.3 Å². The lowest BCUT2D eigenvalue weighted by molar-refractivity contribution is -0.329. The average molecular weight is 477 g/mol. The van der Waals surface area contributed by atoms with E-state index in [1.165, 1.54) is 20.2 Å². The number of rotatable bonds is 5. The topological polar surface area (TPSA) is 66.4 Å². The molecule has 3 aromatic carbocycles. The highest BCUT2D eigenvalue weighted by Crippen LogP contribution is 2.32. The van der Waals surface area contributed by atoms with Gasteiger partial charge in [0.25, 0.3) is 0 Å². The zero-order chi connectivity index (χ0) is 24.6. The minimum atomic E-state index is -4.92. The van der Waals surface area contributed by atoms with Crippen molar-refractivity contribution in [3.63, 3.8) is 0 Å². The molecule has 0 aromatic heterocycles. The molecule has 0 aliphatic rings. The van der Waals surface area contributed by atoms with Crippen molar-refractivity contribution in [2.24, 2.45) is 0 Å². The molecule has 0 saturated heterocycles. The molecule has 0 bridgehead atoms. The minimum absolute atomic E-state index is 0.0497. The fourth-order valence-corrected chi connectivity index (χ4v) is 4.83. The Labute approximate surface area is 193 Å². The number of carbonyl (C=O) groups excluding carboxylic acids is 2. The summed E-state index contributed by atoms with van der Waals surface area (Å²) in [5, 5.41) is 9.29. The van der Waals surface area contributed by atoms with E-state index >= 15 is 0 Å². The van der Waals surface area contributed by atoms with E-state index in [1.807, 2.05) is 4.94 Å². The largest absolute Gasteiger partial charge is 0.543 e. The van der Waals surface area contributed by atoms with E-state index in [0.717, 1.165) is 0 Å². The molecule has 0 heterocycles. The number of aliphatic carboxylic acids is 1. The molecule has 0 N–H and O–H groups in total. The van der Waals surface area contributed by atoms with Crippen LogP contribution in [0.15, 0.2) is 99.6 Å². The SMILES string of the molecule is CC(C)(C)c1ccc([S+](c2ccccc2)c2ccccc2)cc1.O=C([O-])C(F)(F)C(=O)OF. The molecule has 0 amide bonds. The Morgan fingerprint density at radius 2 is 1.15 bits per heavy atom. The Morgan fingerprint density at radius 1 is 0.758 bits per heavy atom. The predicted molar refractivity (Wildman–Crippen MR) is 117 cm³/mol. The van der Waals surface area contributed by atoms with E-state index in [4.69, 9.17) is 0 Å². The van der Waals surface area contributed by atoms with Gasteiger partial charge in [-0.3, -0.25) is 0 Å². The monoisotopic (exact) mass is 476 g/mol. The Hall–Kier alpha value is -3.26. The molecule has 0 spiro atoms. The number of carboxylic acid groups (broad SMARTS) is 1. The van der Waals surface area contributed by atoms with Gasteiger partial charge >= 0.3 is 11.9 Å². The quantitative estimate of drug-likeness (QED) is 0.389. The number of carboxylic acids is 1. The molecule has 33 heavy (non-hydrogen) atoms. The first-order valence-electron chi connectivity index (χ1n) is 9.85. The summed E-state index contributed by atoms with van der Waals surface area (Å²) in [6, 6.07) is 30.7. The van der Waals surface area contributed by atoms with Crippen molar-refractivity contribution in [2.75, 3.05) is 0 Å². The smallest absolute Gasteiger partial charge is 0.423 e. The van der Waals surface area contributed by atoms with Crippen LogP contribution in [0.25, 0.3) is 0 Å². The Balaban J connectivity index is 0.000000328. The molecule has 0 unspecified atom stereocenters. The highest BCUT2D eigenvalue weighted by molar-refractivity contribution is 7.97. The summed E-state index contributed by atoms with van der Waals surface area (Å²) in [5.41, 5.74) is 1.57. The summed E-state index contributed by atoms with van der Waals surface area (Å²) in [6.45, 7) is 6.78. The second kappa shape index (κ2) is 11.0. The number of carbonyl (C=O) groups is 2. The van der Waals surface area contributed by atoms with Crippen LogP contribution in [0.5, 0.6) is 0 Å². The number of hydrogen-bond donors (Lipinski definition) is 0. The molecule has 0 aliphatic carbocycles. The van der Waals surface area contributed by atoms with Crippen LogP contribution >= 0.6 is 0 Å². The van der Waals surface area contributed by atoms with Crippen molar-refractivity contribution in [3.05, 3.63) is 90.5 Å². The molecule has 0 fully saturated rings. The lowest BCUT2D eigenvalue weighted by Gasteiger charge is -2.19. The second-order valence-electron chi connectivity index (χ2n) is 7.93. The molecule has 3 aromatic rings. The van der Waals surface area contributed by atoms with Gasteiger partial charge in [-0.15, -0.1) is 0 Å². The molecule has 3 rings (SSSR count). The fourth-order valence-electron chi connectivity index (χ4n) is 2.74. The molecule has 0 atom stereocenters.